The minimum atomic E-state index is -0.0615. The van der Waals surface area contributed by atoms with Gasteiger partial charge in [-0.15, -0.1) is 0 Å². The van der Waals surface area contributed by atoms with Gasteiger partial charge in [0, 0.05) is 0 Å². The Bertz CT molecular complexity index is 459. The molecule has 0 radical (unpaired) electrons. The summed E-state index contributed by atoms with van der Waals surface area (Å²) in [6, 6.07) is 0. The Hall–Kier alpha value is -2.28. The standard InChI is InChI=1S/C12H6O2/c1-2-3-4-5-6-7-8-9-10-11-12-14-13/h13H,12H2,1H3. The van der Waals surface area contributed by atoms with Crippen LogP contribution in [0.15, 0.2) is 0 Å². The van der Waals surface area contributed by atoms with Crippen LogP contribution in [-0.4, -0.2) is 11.9 Å². The van der Waals surface area contributed by atoms with E-state index >= 15 is 0 Å². The molecule has 0 saturated carbocycles. The van der Waals surface area contributed by atoms with Gasteiger partial charge in [-0.1, -0.05) is 11.8 Å². The van der Waals surface area contributed by atoms with E-state index in [1.54, 1.807) is 6.92 Å². The molecule has 0 aliphatic carbocycles. The third kappa shape index (κ3) is 9.72. The summed E-state index contributed by atoms with van der Waals surface area (Å²) in [6.45, 7) is 1.63. The maximum atomic E-state index is 7.88. The summed E-state index contributed by atoms with van der Waals surface area (Å²) in [4.78, 5) is 3.70. The normalized spacial score (nSPS) is 5.00. The summed E-state index contributed by atoms with van der Waals surface area (Å²) in [6.07, 6.45) is 0. The maximum Gasteiger partial charge on any atom is 0.143 e. The predicted molar refractivity (Wildman–Crippen MR) is 53.1 cm³/mol. The molecular weight excluding hydrogens is 176 g/mol. The fourth-order valence-corrected chi connectivity index (χ4v) is 0.363. The largest absolute Gasteiger partial charge is 0.251 e. The predicted octanol–water partition coefficient (Wildman–Crippen LogP) is 0.513. The first kappa shape index (κ1) is 11.7. The van der Waals surface area contributed by atoms with E-state index < -0.39 is 0 Å². The SMILES string of the molecule is CC#CC#CC#CC#CC#CCOO. The molecule has 1 N–H and O–H groups in total. The Morgan fingerprint density at radius 2 is 1.36 bits per heavy atom. The van der Waals surface area contributed by atoms with Crippen LogP contribution in [0.4, 0.5) is 0 Å². The fraction of sp³-hybridized carbons (Fsp3) is 0.167. The van der Waals surface area contributed by atoms with Crippen LogP contribution in [0.1, 0.15) is 6.92 Å². The molecule has 0 rings (SSSR count). The number of rotatable bonds is 1. The van der Waals surface area contributed by atoms with Gasteiger partial charge in [0.25, 0.3) is 0 Å². The molecule has 0 spiro atoms. The van der Waals surface area contributed by atoms with E-state index in [4.69, 9.17) is 5.26 Å². The van der Waals surface area contributed by atoms with Gasteiger partial charge in [0.2, 0.25) is 0 Å². The molecule has 0 heterocycles. The maximum absolute atomic E-state index is 7.88. The summed E-state index contributed by atoms with van der Waals surface area (Å²) in [5.74, 6) is 24.8. The van der Waals surface area contributed by atoms with Gasteiger partial charge in [-0.2, -0.15) is 0 Å². The first-order chi connectivity index (χ1) is 6.91. The summed E-state index contributed by atoms with van der Waals surface area (Å²) < 4.78 is 0. The van der Waals surface area contributed by atoms with Gasteiger partial charge in [0.05, 0.1) is 0 Å². The Balaban J connectivity index is 3.99. The molecular formula is C12H6O2. The molecule has 66 valence electrons. The third-order valence-electron chi connectivity index (χ3n) is 0.788. The van der Waals surface area contributed by atoms with E-state index in [2.05, 4.69) is 64.1 Å². The minimum absolute atomic E-state index is 0.0615. The highest BCUT2D eigenvalue weighted by molar-refractivity contribution is 5.42. The second kappa shape index (κ2) is 10.7. The lowest BCUT2D eigenvalue weighted by atomic mass is 10.5. The van der Waals surface area contributed by atoms with Crippen molar-refractivity contribution < 1.29 is 10.1 Å². The quantitative estimate of drug-likeness (QED) is 0.364. The molecule has 0 aromatic heterocycles. The average Bonchev–Trinajstić information content (AvgIpc) is 2.21. The van der Waals surface area contributed by atoms with Crippen LogP contribution in [0, 0.1) is 59.2 Å². The minimum Gasteiger partial charge on any atom is -0.251 e. The highest BCUT2D eigenvalue weighted by Crippen LogP contribution is 1.60. The molecule has 0 aromatic rings. The summed E-state index contributed by atoms with van der Waals surface area (Å²) in [7, 11) is 0. The summed E-state index contributed by atoms with van der Waals surface area (Å²) in [5, 5.41) is 7.88. The van der Waals surface area contributed by atoms with E-state index in [1.165, 1.54) is 0 Å². The molecule has 0 amide bonds. The van der Waals surface area contributed by atoms with Gasteiger partial charge in [-0.25, -0.2) is 4.89 Å². The molecule has 0 unspecified atom stereocenters. The van der Waals surface area contributed by atoms with Crippen LogP contribution in [-0.2, 0) is 4.89 Å². The van der Waals surface area contributed by atoms with Crippen molar-refractivity contribution in [3.63, 3.8) is 0 Å². The molecule has 0 atom stereocenters. The fourth-order valence-electron chi connectivity index (χ4n) is 0.363. The molecule has 0 aromatic carbocycles. The second-order valence-electron chi connectivity index (χ2n) is 1.70. The third-order valence-corrected chi connectivity index (χ3v) is 0.788. The van der Waals surface area contributed by atoms with Crippen molar-refractivity contribution in [2.24, 2.45) is 0 Å². The van der Waals surface area contributed by atoms with Crippen molar-refractivity contribution in [2.45, 2.75) is 6.92 Å². The van der Waals surface area contributed by atoms with Crippen LogP contribution in [0.5, 0.6) is 0 Å². The van der Waals surface area contributed by atoms with Gasteiger partial charge >= 0.3 is 0 Å². The topological polar surface area (TPSA) is 29.5 Å². The van der Waals surface area contributed by atoms with Crippen LogP contribution >= 0.6 is 0 Å². The van der Waals surface area contributed by atoms with Gasteiger partial charge in [0.15, 0.2) is 0 Å². The second-order valence-corrected chi connectivity index (χ2v) is 1.70. The molecule has 0 fully saturated rings. The zero-order valence-corrected chi connectivity index (χ0v) is 7.56. The van der Waals surface area contributed by atoms with Crippen molar-refractivity contribution in [2.75, 3.05) is 6.61 Å². The Kier molecular flexibility index (Phi) is 8.97. The number of hydrogen-bond acceptors (Lipinski definition) is 2. The van der Waals surface area contributed by atoms with Gasteiger partial charge in [-0.05, 0) is 54.3 Å². The van der Waals surface area contributed by atoms with Crippen molar-refractivity contribution in [3.05, 3.63) is 0 Å². The summed E-state index contributed by atoms with van der Waals surface area (Å²) in [5.41, 5.74) is 0. The lowest BCUT2D eigenvalue weighted by Gasteiger charge is -1.75. The first-order valence-electron chi connectivity index (χ1n) is 3.57. The Labute approximate surface area is 83.6 Å². The van der Waals surface area contributed by atoms with E-state index in [1.807, 2.05) is 0 Å². The molecule has 0 aliphatic rings. The van der Waals surface area contributed by atoms with Crippen LogP contribution in [0.25, 0.3) is 0 Å². The molecule has 14 heavy (non-hydrogen) atoms. The Morgan fingerprint density at radius 3 is 1.86 bits per heavy atom. The smallest absolute Gasteiger partial charge is 0.143 e. The van der Waals surface area contributed by atoms with Crippen molar-refractivity contribution in [3.8, 4) is 59.2 Å². The monoisotopic (exact) mass is 182 g/mol. The van der Waals surface area contributed by atoms with Gasteiger partial charge < -0.3 is 0 Å². The van der Waals surface area contributed by atoms with Gasteiger partial charge in [-0.3, -0.25) is 5.26 Å². The molecule has 2 nitrogen and oxygen atoms in total. The highest BCUT2D eigenvalue weighted by Gasteiger charge is 1.65. The Morgan fingerprint density at radius 1 is 0.857 bits per heavy atom. The zero-order chi connectivity index (χ0) is 10.5. The lowest BCUT2D eigenvalue weighted by molar-refractivity contribution is -0.229. The van der Waals surface area contributed by atoms with Crippen LogP contribution in [0.3, 0.4) is 0 Å². The molecule has 2 heteroatoms. The number of hydrogen-bond donors (Lipinski definition) is 1. The zero-order valence-electron chi connectivity index (χ0n) is 7.56. The van der Waals surface area contributed by atoms with E-state index in [-0.39, 0.29) is 6.61 Å². The van der Waals surface area contributed by atoms with Crippen LogP contribution in [0.2, 0.25) is 0 Å². The molecule has 0 bridgehead atoms. The lowest BCUT2D eigenvalue weighted by Crippen LogP contribution is -1.80. The summed E-state index contributed by atoms with van der Waals surface area (Å²) >= 11 is 0. The van der Waals surface area contributed by atoms with E-state index in [0.29, 0.717) is 0 Å². The highest BCUT2D eigenvalue weighted by atomic mass is 17.1. The molecule has 0 saturated heterocycles. The van der Waals surface area contributed by atoms with Crippen molar-refractivity contribution in [1.82, 2.24) is 0 Å². The molecule has 0 aliphatic heterocycles. The van der Waals surface area contributed by atoms with Crippen molar-refractivity contribution >= 4 is 0 Å². The van der Waals surface area contributed by atoms with E-state index in [0.717, 1.165) is 0 Å². The van der Waals surface area contributed by atoms with Crippen molar-refractivity contribution in [1.29, 1.82) is 0 Å². The van der Waals surface area contributed by atoms with Gasteiger partial charge in [0.1, 0.15) is 6.61 Å². The van der Waals surface area contributed by atoms with Crippen LogP contribution < -0.4 is 0 Å². The van der Waals surface area contributed by atoms with E-state index in [9.17, 15) is 0 Å². The first-order valence-corrected chi connectivity index (χ1v) is 3.57. The average molecular weight is 182 g/mol.